The Morgan fingerprint density at radius 2 is 1.64 bits per heavy atom. The van der Waals surface area contributed by atoms with Gasteiger partial charge in [-0.15, -0.1) is 0 Å². The van der Waals surface area contributed by atoms with E-state index in [1.807, 2.05) is 12.1 Å². The number of rotatable bonds is 14. The van der Waals surface area contributed by atoms with Crippen molar-refractivity contribution in [2.75, 3.05) is 25.5 Å². The number of amides is 1. The van der Waals surface area contributed by atoms with Gasteiger partial charge in [0.05, 0.1) is 17.3 Å². The van der Waals surface area contributed by atoms with Gasteiger partial charge >= 0.3 is 0 Å². The van der Waals surface area contributed by atoms with Gasteiger partial charge in [0.15, 0.2) is 21.5 Å². The molecule has 0 aromatic heterocycles. The highest BCUT2D eigenvalue weighted by atomic mass is 35.5. The highest BCUT2D eigenvalue weighted by Crippen LogP contribution is 2.45. The molecule has 1 aliphatic heterocycles. The topological polar surface area (TPSA) is 114 Å². The van der Waals surface area contributed by atoms with Gasteiger partial charge in [0.25, 0.3) is 5.91 Å². The Balaban J connectivity index is 1.53. The van der Waals surface area contributed by atoms with Gasteiger partial charge in [-0.05, 0) is 72.6 Å². The Kier molecular flexibility index (Phi) is 11.5. The number of benzene rings is 4. The molecule has 47 heavy (non-hydrogen) atoms. The SMILES string of the molecule is O=C(NCCc1ccc(Cl)cc1)[C@]1(CCS(=O)(=O)c2ccccc2)N=C(c2ccc(OCCCO)cc2)O[C@@H]1c1ccc(Cl)cc1Cl. The summed E-state index contributed by atoms with van der Waals surface area (Å²) in [4.78, 5) is 19.4. The minimum absolute atomic E-state index is 0.0151. The number of carbonyl (C=O) groups is 1. The first-order valence-electron chi connectivity index (χ1n) is 15.0. The van der Waals surface area contributed by atoms with Crippen LogP contribution in [0.5, 0.6) is 5.75 Å². The summed E-state index contributed by atoms with van der Waals surface area (Å²) >= 11 is 18.9. The van der Waals surface area contributed by atoms with Gasteiger partial charge in [0.1, 0.15) is 5.75 Å². The number of hydrogen-bond acceptors (Lipinski definition) is 7. The van der Waals surface area contributed by atoms with E-state index < -0.39 is 27.4 Å². The van der Waals surface area contributed by atoms with Crippen LogP contribution in [0.4, 0.5) is 0 Å². The average molecular weight is 716 g/mol. The molecule has 0 bridgehead atoms. The van der Waals surface area contributed by atoms with Gasteiger partial charge in [0, 0.05) is 52.2 Å². The van der Waals surface area contributed by atoms with Crippen molar-refractivity contribution in [3.63, 3.8) is 0 Å². The second kappa shape index (κ2) is 15.5. The van der Waals surface area contributed by atoms with Crippen LogP contribution >= 0.6 is 34.8 Å². The Morgan fingerprint density at radius 3 is 2.32 bits per heavy atom. The zero-order chi connectivity index (χ0) is 33.4. The van der Waals surface area contributed by atoms with Crippen molar-refractivity contribution in [3.8, 4) is 5.75 Å². The number of carbonyl (C=O) groups excluding carboxylic acids is 1. The third kappa shape index (κ3) is 8.47. The highest BCUT2D eigenvalue weighted by Gasteiger charge is 2.54. The Hall–Kier alpha value is -3.60. The number of aliphatic hydroxyl groups is 1. The molecule has 2 N–H and O–H groups in total. The summed E-state index contributed by atoms with van der Waals surface area (Å²) in [6.07, 6.45) is -0.290. The Morgan fingerprint density at radius 1 is 0.936 bits per heavy atom. The van der Waals surface area contributed by atoms with Crippen molar-refractivity contribution < 1.29 is 27.8 Å². The summed E-state index contributed by atoms with van der Waals surface area (Å²) < 4.78 is 39.2. The summed E-state index contributed by atoms with van der Waals surface area (Å²) in [5, 5.41) is 13.3. The van der Waals surface area contributed by atoms with E-state index in [-0.39, 0.29) is 41.1 Å². The van der Waals surface area contributed by atoms with Gasteiger partial charge in [0.2, 0.25) is 5.90 Å². The van der Waals surface area contributed by atoms with Crippen LogP contribution in [0.3, 0.4) is 0 Å². The number of halogens is 3. The third-order valence-electron chi connectivity index (χ3n) is 7.74. The predicted octanol–water partition coefficient (Wildman–Crippen LogP) is 6.89. The number of nitrogens with zero attached hydrogens (tertiary/aromatic N) is 1. The zero-order valence-electron chi connectivity index (χ0n) is 25.2. The van der Waals surface area contributed by atoms with Gasteiger partial charge in [-0.25, -0.2) is 13.4 Å². The lowest BCUT2D eigenvalue weighted by atomic mass is 9.85. The molecule has 1 amide bonds. The molecule has 8 nitrogen and oxygen atoms in total. The van der Waals surface area contributed by atoms with Crippen LogP contribution in [0.15, 0.2) is 107 Å². The van der Waals surface area contributed by atoms with E-state index in [0.717, 1.165) is 5.56 Å². The third-order valence-corrected chi connectivity index (χ3v) is 10.3. The molecule has 0 spiro atoms. The van der Waals surface area contributed by atoms with E-state index in [1.54, 1.807) is 72.8 Å². The minimum atomic E-state index is -3.81. The summed E-state index contributed by atoms with van der Waals surface area (Å²) in [5.74, 6) is -0.169. The maximum absolute atomic E-state index is 14.4. The van der Waals surface area contributed by atoms with E-state index in [9.17, 15) is 13.2 Å². The molecule has 0 radical (unpaired) electrons. The molecular weight excluding hydrogens is 683 g/mol. The number of sulfone groups is 1. The van der Waals surface area contributed by atoms with Gasteiger partial charge < -0.3 is 19.9 Å². The van der Waals surface area contributed by atoms with Crippen LogP contribution < -0.4 is 10.1 Å². The molecule has 4 aromatic carbocycles. The standard InChI is InChI=1S/C35H33Cl3N2O6S/c36-26-11-7-24(8-12-26)17-19-39-34(42)35(18-22-47(43,44)29-5-2-1-3-6-29)32(30-16-13-27(37)23-31(30)38)46-33(40-35)25-9-14-28(15-10-25)45-21-4-20-41/h1-3,5-16,23,32,41H,4,17-22H2,(H,39,42)/t32-,35-/m1/s1. The molecule has 0 saturated heterocycles. The fourth-order valence-electron chi connectivity index (χ4n) is 5.22. The molecule has 0 unspecified atom stereocenters. The van der Waals surface area contributed by atoms with Crippen molar-refractivity contribution >= 4 is 56.4 Å². The largest absolute Gasteiger partial charge is 0.494 e. The van der Waals surface area contributed by atoms with E-state index in [1.165, 1.54) is 12.1 Å². The first-order chi connectivity index (χ1) is 22.6. The van der Waals surface area contributed by atoms with Crippen molar-refractivity contribution in [1.82, 2.24) is 5.32 Å². The summed E-state index contributed by atoms with van der Waals surface area (Å²) in [5.41, 5.74) is 0.228. The molecule has 5 rings (SSSR count). The van der Waals surface area contributed by atoms with E-state index in [4.69, 9.17) is 54.4 Å². The zero-order valence-corrected chi connectivity index (χ0v) is 28.3. The summed E-state index contributed by atoms with van der Waals surface area (Å²) in [6, 6.07) is 27.1. The number of aliphatic hydroxyl groups excluding tert-OH is 1. The van der Waals surface area contributed by atoms with E-state index >= 15 is 0 Å². The molecule has 0 saturated carbocycles. The minimum Gasteiger partial charge on any atom is -0.494 e. The van der Waals surface area contributed by atoms with Crippen LogP contribution in [0.25, 0.3) is 0 Å². The lowest BCUT2D eigenvalue weighted by Crippen LogP contribution is -2.49. The molecular formula is C35H33Cl3N2O6S. The van der Waals surface area contributed by atoms with E-state index in [0.29, 0.717) is 46.4 Å². The second-order valence-electron chi connectivity index (χ2n) is 11.0. The molecule has 2 atom stereocenters. The highest BCUT2D eigenvalue weighted by molar-refractivity contribution is 7.91. The fraction of sp³-hybridized carbons (Fsp3) is 0.257. The van der Waals surface area contributed by atoms with Gasteiger partial charge in [-0.3, -0.25) is 4.79 Å². The Labute approximate surface area is 289 Å². The second-order valence-corrected chi connectivity index (χ2v) is 14.4. The number of ether oxygens (including phenoxy) is 2. The van der Waals surface area contributed by atoms with Gasteiger partial charge in [-0.2, -0.15) is 0 Å². The quantitative estimate of drug-likeness (QED) is 0.138. The van der Waals surface area contributed by atoms with E-state index in [2.05, 4.69) is 5.32 Å². The lowest BCUT2D eigenvalue weighted by Gasteiger charge is -2.31. The van der Waals surface area contributed by atoms with Crippen molar-refractivity contribution in [2.45, 2.75) is 35.8 Å². The van der Waals surface area contributed by atoms with Crippen molar-refractivity contribution in [1.29, 1.82) is 0 Å². The molecule has 0 fully saturated rings. The summed E-state index contributed by atoms with van der Waals surface area (Å²) in [6.45, 7) is 0.611. The predicted molar refractivity (Wildman–Crippen MR) is 184 cm³/mol. The molecule has 1 aliphatic rings. The number of nitrogens with one attached hydrogen (secondary N) is 1. The fourth-order valence-corrected chi connectivity index (χ4v) is 7.24. The molecule has 246 valence electrons. The first kappa shape index (κ1) is 34.7. The molecule has 1 heterocycles. The van der Waals surface area contributed by atoms with Crippen LogP contribution in [0, 0.1) is 0 Å². The Bertz CT molecular complexity index is 1820. The number of aliphatic imine (C=N–C) groups is 1. The van der Waals surface area contributed by atoms with Crippen LogP contribution in [0.2, 0.25) is 15.1 Å². The van der Waals surface area contributed by atoms with Crippen LogP contribution in [0.1, 0.15) is 35.6 Å². The van der Waals surface area contributed by atoms with Crippen LogP contribution in [-0.2, 0) is 25.8 Å². The molecule has 0 aliphatic carbocycles. The number of hydrogen-bond donors (Lipinski definition) is 2. The molecule has 4 aromatic rings. The normalized spacial score (nSPS) is 17.5. The maximum Gasteiger partial charge on any atom is 0.252 e. The first-order valence-corrected chi connectivity index (χ1v) is 17.8. The van der Waals surface area contributed by atoms with Crippen molar-refractivity contribution in [3.05, 3.63) is 129 Å². The maximum atomic E-state index is 14.4. The average Bonchev–Trinajstić information content (AvgIpc) is 3.46. The van der Waals surface area contributed by atoms with Crippen molar-refractivity contribution in [2.24, 2.45) is 4.99 Å². The lowest BCUT2D eigenvalue weighted by molar-refractivity contribution is -0.129. The smallest absolute Gasteiger partial charge is 0.252 e. The van der Waals surface area contributed by atoms with Gasteiger partial charge in [-0.1, -0.05) is 71.2 Å². The van der Waals surface area contributed by atoms with Crippen LogP contribution in [-0.4, -0.2) is 56.4 Å². The summed E-state index contributed by atoms with van der Waals surface area (Å²) in [7, 11) is -3.81. The molecule has 12 heteroatoms. The monoisotopic (exact) mass is 714 g/mol.